The number of nitrogens with one attached hydrogen (secondary N) is 2. The molecule has 3 aromatic carbocycles. The maximum atomic E-state index is 13.3. The highest BCUT2D eigenvalue weighted by Crippen LogP contribution is 2.29. The summed E-state index contributed by atoms with van der Waals surface area (Å²) >= 11 is 0. The lowest BCUT2D eigenvalue weighted by atomic mass is 10.2. The van der Waals surface area contributed by atoms with Crippen molar-refractivity contribution in [1.82, 2.24) is 0 Å². The maximum absolute atomic E-state index is 13.3. The zero-order valence-corrected chi connectivity index (χ0v) is 17.3. The Morgan fingerprint density at radius 3 is 2.19 bits per heavy atom. The van der Waals surface area contributed by atoms with Gasteiger partial charge in [-0.15, -0.1) is 0 Å². The number of ether oxygens (including phenoxy) is 2. The van der Waals surface area contributed by atoms with Gasteiger partial charge in [0.25, 0.3) is 15.9 Å². The van der Waals surface area contributed by atoms with Gasteiger partial charge in [0.1, 0.15) is 11.5 Å². The molecule has 2 N–H and O–H groups in total. The van der Waals surface area contributed by atoms with Gasteiger partial charge in [0.15, 0.2) is 11.6 Å². The zero-order chi connectivity index (χ0) is 22.6. The monoisotopic (exact) mass is 448 g/mol. The van der Waals surface area contributed by atoms with Crippen LogP contribution in [0.5, 0.6) is 11.5 Å². The van der Waals surface area contributed by atoms with Gasteiger partial charge in [0, 0.05) is 17.3 Å². The largest absolute Gasteiger partial charge is 0.497 e. The molecular formula is C21H18F2N2O5S. The van der Waals surface area contributed by atoms with Crippen molar-refractivity contribution in [3.63, 3.8) is 0 Å². The van der Waals surface area contributed by atoms with Gasteiger partial charge in [0.2, 0.25) is 0 Å². The number of sulfonamides is 1. The van der Waals surface area contributed by atoms with E-state index in [0.29, 0.717) is 23.3 Å². The minimum absolute atomic E-state index is 0.139. The molecule has 10 heteroatoms. The Hall–Kier alpha value is -3.66. The van der Waals surface area contributed by atoms with Crippen LogP contribution >= 0.6 is 0 Å². The SMILES string of the molecule is COc1ccc(OC)c(NC(=O)c2ccc(NS(=O)(=O)c3ccc(F)c(F)c3)cc2)c1. The molecule has 1 amide bonds. The molecule has 0 aliphatic rings. The summed E-state index contributed by atoms with van der Waals surface area (Å²) in [6, 6.07) is 12.7. The summed E-state index contributed by atoms with van der Waals surface area (Å²) in [7, 11) is -1.18. The van der Waals surface area contributed by atoms with Crippen molar-refractivity contribution in [3.8, 4) is 11.5 Å². The third-order valence-corrected chi connectivity index (χ3v) is 5.63. The Kier molecular flexibility index (Phi) is 6.40. The molecule has 0 aliphatic carbocycles. The lowest BCUT2D eigenvalue weighted by Crippen LogP contribution is -2.15. The average Bonchev–Trinajstić information content (AvgIpc) is 2.75. The number of rotatable bonds is 7. The van der Waals surface area contributed by atoms with Crippen molar-refractivity contribution in [2.75, 3.05) is 24.3 Å². The molecule has 3 rings (SSSR count). The molecule has 0 saturated carbocycles. The summed E-state index contributed by atoms with van der Waals surface area (Å²) in [6.45, 7) is 0. The normalized spacial score (nSPS) is 11.0. The van der Waals surface area contributed by atoms with Crippen molar-refractivity contribution in [1.29, 1.82) is 0 Å². The van der Waals surface area contributed by atoms with Crippen LogP contribution in [0.15, 0.2) is 65.6 Å². The molecule has 0 saturated heterocycles. The number of carbonyl (C=O) groups excluding carboxylic acids is 1. The molecule has 0 aliphatic heterocycles. The predicted octanol–water partition coefficient (Wildman–Crippen LogP) is 4.04. The third-order valence-electron chi connectivity index (χ3n) is 4.26. The summed E-state index contributed by atoms with van der Waals surface area (Å²) in [4.78, 5) is 12.1. The summed E-state index contributed by atoms with van der Waals surface area (Å²) in [5.41, 5.74) is 0.788. The van der Waals surface area contributed by atoms with Crippen LogP contribution in [0.1, 0.15) is 10.4 Å². The van der Waals surface area contributed by atoms with Crippen molar-refractivity contribution >= 4 is 27.3 Å². The van der Waals surface area contributed by atoms with E-state index in [-0.39, 0.29) is 11.3 Å². The first-order valence-electron chi connectivity index (χ1n) is 8.85. The molecule has 7 nitrogen and oxygen atoms in total. The number of hydrogen-bond donors (Lipinski definition) is 2. The summed E-state index contributed by atoms with van der Waals surface area (Å²) in [5.74, 6) is -1.92. The van der Waals surface area contributed by atoms with Crippen LogP contribution in [0, 0.1) is 11.6 Å². The Balaban J connectivity index is 1.75. The van der Waals surface area contributed by atoms with Crippen LogP contribution in [0.25, 0.3) is 0 Å². The highest BCUT2D eigenvalue weighted by Gasteiger charge is 2.17. The van der Waals surface area contributed by atoms with Crippen LogP contribution in [-0.2, 0) is 10.0 Å². The van der Waals surface area contributed by atoms with Crippen molar-refractivity contribution in [2.24, 2.45) is 0 Å². The molecular weight excluding hydrogens is 430 g/mol. The van der Waals surface area contributed by atoms with Gasteiger partial charge in [-0.05, 0) is 54.6 Å². The van der Waals surface area contributed by atoms with E-state index in [0.717, 1.165) is 12.1 Å². The lowest BCUT2D eigenvalue weighted by Gasteiger charge is -2.12. The minimum atomic E-state index is -4.14. The number of amides is 1. The first kappa shape index (κ1) is 22.0. The van der Waals surface area contributed by atoms with E-state index in [1.165, 1.54) is 38.5 Å². The minimum Gasteiger partial charge on any atom is -0.497 e. The van der Waals surface area contributed by atoms with Crippen LogP contribution in [0.4, 0.5) is 20.2 Å². The number of methoxy groups -OCH3 is 2. The first-order chi connectivity index (χ1) is 14.7. The summed E-state index contributed by atoms with van der Waals surface area (Å²) in [5, 5.41) is 2.70. The summed E-state index contributed by atoms with van der Waals surface area (Å²) in [6.07, 6.45) is 0. The number of carbonyl (C=O) groups is 1. The standard InChI is InChI=1S/C21H18F2N2O5S/c1-29-15-7-10-20(30-2)19(11-15)24-21(26)13-3-5-14(6-4-13)25-31(27,28)16-8-9-17(22)18(23)12-16/h3-12,25H,1-2H3,(H,24,26). The van der Waals surface area contributed by atoms with Gasteiger partial charge in [0.05, 0.1) is 24.8 Å². The molecule has 0 atom stereocenters. The van der Waals surface area contributed by atoms with Crippen LogP contribution in [0.2, 0.25) is 0 Å². The Morgan fingerprint density at radius 1 is 0.871 bits per heavy atom. The van der Waals surface area contributed by atoms with Crippen molar-refractivity contribution in [2.45, 2.75) is 4.90 Å². The Labute approximate surface area is 177 Å². The fourth-order valence-electron chi connectivity index (χ4n) is 2.65. The van der Waals surface area contributed by atoms with Gasteiger partial charge in [-0.3, -0.25) is 9.52 Å². The maximum Gasteiger partial charge on any atom is 0.261 e. The van der Waals surface area contributed by atoms with E-state index < -0.39 is 32.5 Å². The molecule has 162 valence electrons. The fraction of sp³-hybridized carbons (Fsp3) is 0.0952. The Morgan fingerprint density at radius 2 is 1.58 bits per heavy atom. The van der Waals surface area contributed by atoms with Crippen molar-refractivity contribution in [3.05, 3.63) is 77.9 Å². The highest BCUT2D eigenvalue weighted by atomic mass is 32.2. The van der Waals surface area contributed by atoms with Gasteiger partial charge >= 0.3 is 0 Å². The van der Waals surface area contributed by atoms with Crippen LogP contribution in [0.3, 0.4) is 0 Å². The number of anilines is 2. The second kappa shape index (κ2) is 9.00. The molecule has 0 spiro atoms. The lowest BCUT2D eigenvalue weighted by molar-refractivity contribution is 0.102. The van der Waals surface area contributed by atoms with Gasteiger partial charge in [-0.25, -0.2) is 17.2 Å². The van der Waals surface area contributed by atoms with Gasteiger partial charge in [-0.1, -0.05) is 0 Å². The average molecular weight is 448 g/mol. The second-order valence-electron chi connectivity index (χ2n) is 6.28. The molecule has 0 unspecified atom stereocenters. The third kappa shape index (κ3) is 5.10. The van der Waals surface area contributed by atoms with Crippen LogP contribution < -0.4 is 19.5 Å². The number of halogens is 2. The van der Waals surface area contributed by atoms with E-state index in [2.05, 4.69) is 10.0 Å². The molecule has 0 bridgehead atoms. The first-order valence-corrected chi connectivity index (χ1v) is 10.3. The van der Waals surface area contributed by atoms with E-state index in [4.69, 9.17) is 9.47 Å². The second-order valence-corrected chi connectivity index (χ2v) is 7.96. The topological polar surface area (TPSA) is 93.7 Å². The van der Waals surface area contributed by atoms with E-state index in [1.54, 1.807) is 18.2 Å². The molecule has 0 radical (unpaired) electrons. The number of benzene rings is 3. The van der Waals surface area contributed by atoms with Crippen LogP contribution in [-0.4, -0.2) is 28.5 Å². The smallest absolute Gasteiger partial charge is 0.261 e. The van der Waals surface area contributed by atoms with Gasteiger partial charge < -0.3 is 14.8 Å². The number of hydrogen-bond acceptors (Lipinski definition) is 5. The molecule has 3 aromatic rings. The molecule has 0 heterocycles. The van der Waals surface area contributed by atoms with E-state index in [9.17, 15) is 22.0 Å². The van der Waals surface area contributed by atoms with E-state index in [1.807, 2.05) is 0 Å². The van der Waals surface area contributed by atoms with E-state index >= 15 is 0 Å². The zero-order valence-electron chi connectivity index (χ0n) is 16.5. The predicted molar refractivity (Wildman–Crippen MR) is 111 cm³/mol. The Bertz CT molecular complexity index is 1210. The molecule has 0 aromatic heterocycles. The molecule has 0 fully saturated rings. The quantitative estimate of drug-likeness (QED) is 0.569. The van der Waals surface area contributed by atoms with Crippen molar-refractivity contribution < 1.29 is 31.5 Å². The summed E-state index contributed by atoms with van der Waals surface area (Å²) < 4.78 is 63.7. The fourth-order valence-corrected chi connectivity index (χ4v) is 3.72. The van der Waals surface area contributed by atoms with Gasteiger partial charge in [-0.2, -0.15) is 0 Å². The highest BCUT2D eigenvalue weighted by molar-refractivity contribution is 7.92. The molecule has 31 heavy (non-hydrogen) atoms.